The second-order valence-electron chi connectivity index (χ2n) is 3.95. The molecule has 1 heterocycles. The third kappa shape index (κ3) is 3.13. The van der Waals surface area contributed by atoms with Gasteiger partial charge < -0.3 is 10.2 Å². The molecule has 0 amide bonds. The number of nitrogens with one attached hydrogen (secondary N) is 1. The Morgan fingerprint density at radius 3 is 2.68 bits per heavy atom. The van der Waals surface area contributed by atoms with E-state index in [1.807, 2.05) is 38.1 Å². The number of hydrogen-bond donors (Lipinski definition) is 2. The molecule has 0 saturated heterocycles. The number of rotatable bonds is 4. The van der Waals surface area contributed by atoms with Gasteiger partial charge in [-0.25, -0.2) is 10.8 Å². The average molecular weight is 370 g/mol. The number of benzene rings is 1. The first-order chi connectivity index (χ1) is 9.15. The molecule has 0 unspecified atom stereocenters. The van der Waals surface area contributed by atoms with E-state index in [-0.39, 0.29) is 0 Å². The molecule has 0 atom stereocenters. The number of halogens is 1. The molecule has 6 heteroatoms. The van der Waals surface area contributed by atoms with Crippen LogP contribution < -0.4 is 16.0 Å². The van der Waals surface area contributed by atoms with Gasteiger partial charge in [-0.05, 0) is 41.6 Å². The van der Waals surface area contributed by atoms with Gasteiger partial charge in [-0.15, -0.1) is 0 Å². The van der Waals surface area contributed by atoms with Crippen LogP contribution in [0.2, 0.25) is 0 Å². The molecule has 100 valence electrons. The summed E-state index contributed by atoms with van der Waals surface area (Å²) in [6, 6.07) is 7.78. The number of ether oxygens (including phenoxy) is 1. The highest BCUT2D eigenvalue weighted by molar-refractivity contribution is 14.1. The van der Waals surface area contributed by atoms with E-state index in [1.54, 1.807) is 0 Å². The SMILES string of the molecule is CCc1nc(NN)c(C)c(Oc2ccccc2I)n1. The van der Waals surface area contributed by atoms with E-state index in [0.717, 1.165) is 21.3 Å². The van der Waals surface area contributed by atoms with Crippen molar-refractivity contribution in [3.8, 4) is 11.6 Å². The summed E-state index contributed by atoms with van der Waals surface area (Å²) in [6.07, 6.45) is 0.719. The Morgan fingerprint density at radius 1 is 1.32 bits per heavy atom. The minimum Gasteiger partial charge on any atom is -0.437 e. The predicted molar refractivity (Wildman–Crippen MR) is 83.2 cm³/mol. The topological polar surface area (TPSA) is 73.1 Å². The van der Waals surface area contributed by atoms with Gasteiger partial charge in [0.25, 0.3) is 0 Å². The zero-order valence-electron chi connectivity index (χ0n) is 10.8. The van der Waals surface area contributed by atoms with Crippen molar-refractivity contribution in [3.63, 3.8) is 0 Å². The molecule has 0 aliphatic carbocycles. The van der Waals surface area contributed by atoms with Gasteiger partial charge in [-0.2, -0.15) is 4.98 Å². The minimum atomic E-state index is 0.531. The van der Waals surface area contributed by atoms with E-state index in [0.29, 0.717) is 17.5 Å². The molecule has 0 fully saturated rings. The lowest BCUT2D eigenvalue weighted by molar-refractivity contribution is 0.452. The van der Waals surface area contributed by atoms with E-state index < -0.39 is 0 Å². The van der Waals surface area contributed by atoms with Crippen molar-refractivity contribution in [3.05, 3.63) is 39.2 Å². The van der Waals surface area contributed by atoms with Crippen LogP contribution in [0.15, 0.2) is 24.3 Å². The monoisotopic (exact) mass is 370 g/mol. The summed E-state index contributed by atoms with van der Waals surface area (Å²) in [6.45, 7) is 3.86. The lowest BCUT2D eigenvalue weighted by Gasteiger charge is -2.13. The summed E-state index contributed by atoms with van der Waals surface area (Å²) in [5.41, 5.74) is 3.37. The van der Waals surface area contributed by atoms with Crippen LogP contribution in [0.25, 0.3) is 0 Å². The van der Waals surface area contributed by atoms with E-state index in [1.165, 1.54) is 0 Å². The largest absolute Gasteiger partial charge is 0.437 e. The van der Waals surface area contributed by atoms with Gasteiger partial charge in [0.15, 0.2) is 0 Å². The van der Waals surface area contributed by atoms with Crippen LogP contribution >= 0.6 is 22.6 Å². The second-order valence-corrected chi connectivity index (χ2v) is 5.11. The quantitative estimate of drug-likeness (QED) is 0.492. The normalized spacial score (nSPS) is 10.3. The molecule has 0 aliphatic heterocycles. The Kier molecular flexibility index (Phi) is 4.54. The maximum Gasteiger partial charge on any atom is 0.227 e. The fourth-order valence-electron chi connectivity index (χ4n) is 1.57. The van der Waals surface area contributed by atoms with Gasteiger partial charge in [0, 0.05) is 6.42 Å². The van der Waals surface area contributed by atoms with Crippen molar-refractivity contribution >= 4 is 28.4 Å². The van der Waals surface area contributed by atoms with E-state index in [4.69, 9.17) is 10.6 Å². The first-order valence-corrected chi connectivity index (χ1v) is 7.00. The molecule has 1 aromatic heterocycles. The van der Waals surface area contributed by atoms with Gasteiger partial charge in [0.2, 0.25) is 5.88 Å². The van der Waals surface area contributed by atoms with Gasteiger partial charge in [0.1, 0.15) is 17.4 Å². The zero-order chi connectivity index (χ0) is 13.8. The number of hydrazine groups is 1. The number of hydrogen-bond acceptors (Lipinski definition) is 5. The first-order valence-electron chi connectivity index (χ1n) is 5.92. The average Bonchev–Trinajstić information content (AvgIpc) is 2.43. The van der Waals surface area contributed by atoms with Crippen LogP contribution in [0.1, 0.15) is 18.3 Å². The van der Waals surface area contributed by atoms with Gasteiger partial charge in [-0.1, -0.05) is 19.1 Å². The number of nitrogen functional groups attached to an aromatic ring is 1. The molecule has 0 saturated carbocycles. The van der Waals surface area contributed by atoms with Crippen molar-refractivity contribution in [2.45, 2.75) is 20.3 Å². The molecule has 0 spiro atoms. The number of nitrogens with two attached hydrogens (primary N) is 1. The van der Waals surface area contributed by atoms with Crippen molar-refractivity contribution in [2.75, 3.05) is 5.43 Å². The highest BCUT2D eigenvalue weighted by Crippen LogP contribution is 2.29. The van der Waals surface area contributed by atoms with Gasteiger partial charge >= 0.3 is 0 Å². The summed E-state index contributed by atoms with van der Waals surface area (Å²) < 4.78 is 6.90. The molecule has 5 nitrogen and oxygen atoms in total. The van der Waals surface area contributed by atoms with Crippen LogP contribution in [-0.4, -0.2) is 9.97 Å². The highest BCUT2D eigenvalue weighted by atomic mass is 127. The van der Waals surface area contributed by atoms with Crippen molar-refractivity contribution in [1.29, 1.82) is 0 Å². The third-order valence-electron chi connectivity index (χ3n) is 2.64. The smallest absolute Gasteiger partial charge is 0.227 e. The van der Waals surface area contributed by atoms with Gasteiger partial charge in [0.05, 0.1) is 9.13 Å². The van der Waals surface area contributed by atoms with Crippen molar-refractivity contribution in [2.24, 2.45) is 5.84 Å². The summed E-state index contributed by atoms with van der Waals surface area (Å²) in [5.74, 6) is 8.06. The molecule has 0 bridgehead atoms. The van der Waals surface area contributed by atoms with Gasteiger partial charge in [-0.3, -0.25) is 0 Å². The maximum atomic E-state index is 5.87. The van der Waals surface area contributed by atoms with Crippen molar-refractivity contribution in [1.82, 2.24) is 9.97 Å². The highest BCUT2D eigenvalue weighted by Gasteiger charge is 2.12. The molecule has 1 aromatic carbocycles. The standard InChI is InChI=1S/C13H15IN4O/c1-3-11-16-12(18-15)8(2)13(17-11)19-10-7-5-4-6-9(10)14/h4-7H,3,15H2,1-2H3,(H,16,17,18). The van der Waals surface area contributed by atoms with Crippen LogP contribution in [0.5, 0.6) is 11.6 Å². The van der Waals surface area contributed by atoms with Crippen LogP contribution in [0.3, 0.4) is 0 Å². The predicted octanol–water partition coefficient (Wildman–Crippen LogP) is 3.03. The van der Waals surface area contributed by atoms with E-state index in [9.17, 15) is 0 Å². The second kappa shape index (κ2) is 6.16. The Labute approximate surface area is 125 Å². The first kappa shape index (κ1) is 14.0. The lowest BCUT2D eigenvalue weighted by Crippen LogP contribution is -2.13. The van der Waals surface area contributed by atoms with Crippen LogP contribution in [0, 0.1) is 10.5 Å². The maximum absolute atomic E-state index is 5.87. The number of anilines is 1. The molecular formula is C13H15IN4O. The Balaban J connectivity index is 2.42. The third-order valence-corrected chi connectivity index (χ3v) is 3.53. The fraction of sp³-hybridized carbons (Fsp3) is 0.231. The molecule has 3 N–H and O–H groups in total. The summed E-state index contributed by atoms with van der Waals surface area (Å²) in [4.78, 5) is 8.71. The molecule has 2 aromatic rings. The molecule has 0 radical (unpaired) electrons. The zero-order valence-corrected chi connectivity index (χ0v) is 12.9. The fourth-order valence-corrected chi connectivity index (χ4v) is 2.07. The van der Waals surface area contributed by atoms with Crippen molar-refractivity contribution < 1.29 is 4.74 Å². The van der Waals surface area contributed by atoms with Crippen LogP contribution in [0.4, 0.5) is 5.82 Å². The summed E-state index contributed by atoms with van der Waals surface area (Å²) in [5, 5.41) is 0. The number of para-hydroxylation sites is 1. The summed E-state index contributed by atoms with van der Waals surface area (Å²) >= 11 is 2.23. The molecule has 0 aliphatic rings. The molecular weight excluding hydrogens is 355 g/mol. The minimum absolute atomic E-state index is 0.531. The van der Waals surface area contributed by atoms with E-state index >= 15 is 0 Å². The number of aryl methyl sites for hydroxylation is 1. The molecule has 19 heavy (non-hydrogen) atoms. The molecule has 2 rings (SSSR count). The number of nitrogens with zero attached hydrogens (tertiary/aromatic N) is 2. The number of aromatic nitrogens is 2. The Morgan fingerprint density at radius 2 is 2.05 bits per heavy atom. The Bertz CT molecular complexity index is 589. The Hall–Kier alpha value is -1.41. The lowest BCUT2D eigenvalue weighted by atomic mass is 10.3. The van der Waals surface area contributed by atoms with Crippen LogP contribution in [-0.2, 0) is 6.42 Å². The van der Waals surface area contributed by atoms with E-state index in [2.05, 4.69) is 38.0 Å². The summed E-state index contributed by atoms with van der Waals surface area (Å²) in [7, 11) is 0.